The molecule has 1 aromatic carbocycles. The van der Waals surface area contributed by atoms with E-state index in [0.29, 0.717) is 17.3 Å². The van der Waals surface area contributed by atoms with Gasteiger partial charge in [0.1, 0.15) is 5.82 Å². The summed E-state index contributed by atoms with van der Waals surface area (Å²) in [7, 11) is -3.53. The Kier molecular flexibility index (Phi) is 5.34. The largest absolute Gasteiger partial charge is 0.367 e. The third-order valence-electron chi connectivity index (χ3n) is 3.86. The van der Waals surface area contributed by atoms with Crippen molar-refractivity contribution in [1.29, 1.82) is 0 Å². The highest BCUT2D eigenvalue weighted by Gasteiger charge is 2.15. The van der Waals surface area contributed by atoms with Crippen LogP contribution in [0.1, 0.15) is 11.1 Å². The third kappa shape index (κ3) is 4.27. The fourth-order valence-electron chi connectivity index (χ4n) is 2.60. The Hall–Kier alpha value is -2.71. The number of aromatic nitrogens is 3. The number of nitrogens with one attached hydrogen (secondary N) is 2. The van der Waals surface area contributed by atoms with Gasteiger partial charge in [-0.05, 0) is 49.7 Å². The standard InChI is InChI=1S/C18H21N5O2S/c1-14-5-6-16(15(2)13-14)26(24,25)20-10-9-19-17-7-8-18(22-21-17)23-11-3-4-12-23/h3-8,11-13,20H,9-10H2,1-2H3,(H,19,21). The van der Waals surface area contributed by atoms with Crippen LogP contribution in [-0.4, -0.2) is 36.3 Å². The lowest BCUT2D eigenvalue weighted by atomic mass is 10.2. The van der Waals surface area contributed by atoms with Crippen LogP contribution in [0.3, 0.4) is 0 Å². The van der Waals surface area contributed by atoms with Gasteiger partial charge in [0.2, 0.25) is 10.0 Å². The molecule has 0 aliphatic rings. The molecule has 2 heterocycles. The lowest BCUT2D eigenvalue weighted by molar-refractivity contribution is 0.582. The van der Waals surface area contributed by atoms with Crippen LogP contribution < -0.4 is 10.0 Å². The van der Waals surface area contributed by atoms with Crippen LogP contribution >= 0.6 is 0 Å². The maximum atomic E-state index is 12.4. The Morgan fingerprint density at radius 2 is 1.77 bits per heavy atom. The van der Waals surface area contributed by atoms with E-state index < -0.39 is 10.0 Å². The Morgan fingerprint density at radius 1 is 1.00 bits per heavy atom. The topological polar surface area (TPSA) is 88.9 Å². The van der Waals surface area contributed by atoms with Gasteiger partial charge in [0.15, 0.2) is 5.82 Å². The van der Waals surface area contributed by atoms with Crippen molar-refractivity contribution in [1.82, 2.24) is 19.5 Å². The van der Waals surface area contributed by atoms with E-state index in [2.05, 4.69) is 20.2 Å². The highest BCUT2D eigenvalue weighted by molar-refractivity contribution is 7.89. The number of anilines is 1. The van der Waals surface area contributed by atoms with Gasteiger partial charge in [-0.15, -0.1) is 10.2 Å². The predicted octanol–water partition coefficient (Wildman–Crippen LogP) is 2.27. The van der Waals surface area contributed by atoms with E-state index >= 15 is 0 Å². The molecular formula is C18H21N5O2S. The molecule has 7 nitrogen and oxygen atoms in total. The molecule has 0 saturated carbocycles. The van der Waals surface area contributed by atoms with Crippen molar-refractivity contribution in [2.24, 2.45) is 0 Å². The molecule has 0 aliphatic carbocycles. The van der Waals surface area contributed by atoms with E-state index in [1.807, 2.05) is 48.1 Å². The van der Waals surface area contributed by atoms with Crippen molar-refractivity contribution in [3.05, 3.63) is 66.0 Å². The average Bonchev–Trinajstić information content (AvgIpc) is 3.13. The van der Waals surface area contributed by atoms with E-state index in [4.69, 9.17) is 0 Å². The maximum Gasteiger partial charge on any atom is 0.240 e. The lowest BCUT2D eigenvalue weighted by Crippen LogP contribution is -2.29. The normalized spacial score (nSPS) is 11.5. The summed E-state index contributed by atoms with van der Waals surface area (Å²) in [5, 5.41) is 11.3. The second-order valence-corrected chi connectivity index (χ2v) is 7.70. The van der Waals surface area contributed by atoms with Crippen molar-refractivity contribution in [2.75, 3.05) is 18.4 Å². The number of hydrogen-bond donors (Lipinski definition) is 2. The fourth-order valence-corrected chi connectivity index (χ4v) is 3.86. The van der Waals surface area contributed by atoms with Gasteiger partial charge in [-0.2, -0.15) is 0 Å². The molecular weight excluding hydrogens is 350 g/mol. The molecule has 136 valence electrons. The highest BCUT2D eigenvalue weighted by atomic mass is 32.2. The van der Waals surface area contributed by atoms with Gasteiger partial charge in [-0.3, -0.25) is 0 Å². The monoisotopic (exact) mass is 371 g/mol. The molecule has 26 heavy (non-hydrogen) atoms. The zero-order valence-corrected chi connectivity index (χ0v) is 15.5. The lowest BCUT2D eigenvalue weighted by Gasteiger charge is -2.11. The molecule has 0 saturated heterocycles. The first-order valence-corrected chi connectivity index (χ1v) is 9.72. The molecule has 2 N–H and O–H groups in total. The first-order valence-electron chi connectivity index (χ1n) is 8.23. The summed E-state index contributed by atoms with van der Waals surface area (Å²) in [4.78, 5) is 0.305. The maximum absolute atomic E-state index is 12.4. The zero-order valence-electron chi connectivity index (χ0n) is 14.7. The Morgan fingerprint density at radius 3 is 2.42 bits per heavy atom. The van der Waals surface area contributed by atoms with E-state index in [1.165, 1.54) is 0 Å². The number of rotatable bonds is 7. The molecule has 0 amide bonds. The molecule has 0 spiro atoms. The van der Waals surface area contributed by atoms with Gasteiger partial charge in [-0.25, -0.2) is 13.1 Å². The van der Waals surface area contributed by atoms with Crippen LogP contribution in [-0.2, 0) is 10.0 Å². The van der Waals surface area contributed by atoms with Crippen molar-refractivity contribution < 1.29 is 8.42 Å². The predicted molar refractivity (Wildman–Crippen MR) is 101 cm³/mol. The molecule has 0 unspecified atom stereocenters. The first-order chi connectivity index (χ1) is 12.5. The quantitative estimate of drug-likeness (QED) is 0.622. The third-order valence-corrected chi connectivity index (χ3v) is 5.48. The summed E-state index contributed by atoms with van der Waals surface area (Å²) < 4.78 is 29.2. The minimum absolute atomic E-state index is 0.247. The van der Waals surface area contributed by atoms with Gasteiger partial charge in [-0.1, -0.05) is 17.7 Å². The molecule has 0 radical (unpaired) electrons. The van der Waals surface area contributed by atoms with Crippen molar-refractivity contribution in [2.45, 2.75) is 18.7 Å². The van der Waals surface area contributed by atoms with Crippen molar-refractivity contribution in [3.8, 4) is 5.82 Å². The summed E-state index contributed by atoms with van der Waals surface area (Å²) in [5.74, 6) is 1.31. The second-order valence-electron chi connectivity index (χ2n) is 5.96. The van der Waals surface area contributed by atoms with E-state index in [1.54, 1.807) is 25.1 Å². The molecule has 2 aromatic heterocycles. The number of hydrogen-bond acceptors (Lipinski definition) is 5. The fraction of sp³-hybridized carbons (Fsp3) is 0.222. The van der Waals surface area contributed by atoms with Gasteiger partial charge in [0, 0.05) is 25.5 Å². The van der Waals surface area contributed by atoms with Gasteiger partial charge in [0.25, 0.3) is 0 Å². The van der Waals surface area contributed by atoms with E-state index in [-0.39, 0.29) is 6.54 Å². The molecule has 3 rings (SSSR count). The number of sulfonamides is 1. The smallest absolute Gasteiger partial charge is 0.240 e. The summed E-state index contributed by atoms with van der Waals surface area (Å²) >= 11 is 0. The molecule has 0 aliphatic heterocycles. The average molecular weight is 371 g/mol. The van der Waals surface area contributed by atoms with Crippen molar-refractivity contribution >= 4 is 15.8 Å². The Labute approximate surface area is 153 Å². The second kappa shape index (κ2) is 7.67. The number of aryl methyl sites for hydroxylation is 2. The summed E-state index contributed by atoms with van der Waals surface area (Å²) in [6.45, 7) is 4.38. The van der Waals surface area contributed by atoms with Crippen LogP contribution in [0.4, 0.5) is 5.82 Å². The molecule has 0 atom stereocenters. The molecule has 0 bridgehead atoms. The van der Waals surface area contributed by atoms with Gasteiger partial charge >= 0.3 is 0 Å². The SMILES string of the molecule is Cc1ccc(S(=O)(=O)NCCNc2ccc(-n3cccc3)nn2)c(C)c1. The highest BCUT2D eigenvalue weighted by Crippen LogP contribution is 2.16. The first kappa shape index (κ1) is 18.1. The van der Waals surface area contributed by atoms with Crippen LogP contribution in [0.25, 0.3) is 5.82 Å². The summed E-state index contributed by atoms with van der Waals surface area (Å²) in [5.41, 5.74) is 1.77. The number of nitrogens with zero attached hydrogens (tertiary/aromatic N) is 3. The Balaban J connectivity index is 1.53. The Bertz CT molecular complexity index is 967. The minimum Gasteiger partial charge on any atom is -0.367 e. The van der Waals surface area contributed by atoms with Crippen LogP contribution in [0.15, 0.2) is 59.8 Å². The van der Waals surface area contributed by atoms with Gasteiger partial charge < -0.3 is 9.88 Å². The summed E-state index contributed by atoms with van der Waals surface area (Å²) in [6, 6.07) is 12.8. The molecule has 3 aromatic rings. The molecule has 0 fully saturated rings. The van der Waals surface area contributed by atoms with E-state index in [9.17, 15) is 8.42 Å². The van der Waals surface area contributed by atoms with E-state index in [0.717, 1.165) is 16.9 Å². The zero-order chi connectivity index (χ0) is 18.6. The van der Waals surface area contributed by atoms with Crippen LogP contribution in [0, 0.1) is 13.8 Å². The van der Waals surface area contributed by atoms with Gasteiger partial charge in [0.05, 0.1) is 4.90 Å². The van der Waals surface area contributed by atoms with Crippen LogP contribution in [0.2, 0.25) is 0 Å². The number of benzene rings is 1. The van der Waals surface area contributed by atoms with Crippen molar-refractivity contribution in [3.63, 3.8) is 0 Å². The minimum atomic E-state index is -3.53. The molecule has 8 heteroatoms. The summed E-state index contributed by atoms with van der Waals surface area (Å²) in [6.07, 6.45) is 3.78. The van der Waals surface area contributed by atoms with Crippen LogP contribution in [0.5, 0.6) is 0 Å².